The highest BCUT2D eigenvalue weighted by Gasteiger charge is 2.34. The maximum Gasteiger partial charge on any atom is 0.269 e. The standard InChI is InChI=1S/C9H7F2N2O/c10-8(11)7-9(14)13-6-4-2-1-3-5(6)12-7/h1-4,7-8H,(H,13,14)/t7-/m0/s1. The summed E-state index contributed by atoms with van der Waals surface area (Å²) in [5.74, 6) is -0.751. The molecule has 1 radical (unpaired) electrons. The van der Waals surface area contributed by atoms with Gasteiger partial charge in [-0.1, -0.05) is 12.1 Å². The average Bonchev–Trinajstić information content (AvgIpc) is 2.16. The number of nitrogens with one attached hydrogen (secondary N) is 1. The van der Waals surface area contributed by atoms with Crippen LogP contribution < -0.4 is 10.6 Å². The molecule has 0 fully saturated rings. The molecule has 0 saturated carbocycles. The van der Waals surface area contributed by atoms with Crippen LogP contribution in [0.15, 0.2) is 24.3 Å². The van der Waals surface area contributed by atoms with Crippen molar-refractivity contribution in [3.05, 3.63) is 24.3 Å². The smallest absolute Gasteiger partial charge is 0.269 e. The van der Waals surface area contributed by atoms with E-state index < -0.39 is 18.4 Å². The Morgan fingerprint density at radius 3 is 2.79 bits per heavy atom. The van der Waals surface area contributed by atoms with Crippen molar-refractivity contribution in [3.63, 3.8) is 0 Å². The fraction of sp³-hybridized carbons (Fsp3) is 0.222. The van der Waals surface area contributed by atoms with Crippen LogP contribution in [0.3, 0.4) is 0 Å². The molecule has 3 nitrogen and oxygen atoms in total. The van der Waals surface area contributed by atoms with Crippen molar-refractivity contribution in [1.29, 1.82) is 0 Å². The lowest BCUT2D eigenvalue weighted by Crippen LogP contribution is -2.43. The number of rotatable bonds is 1. The third-order valence-corrected chi connectivity index (χ3v) is 1.95. The maximum absolute atomic E-state index is 12.3. The number of amides is 1. The van der Waals surface area contributed by atoms with Gasteiger partial charge < -0.3 is 5.32 Å². The summed E-state index contributed by atoms with van der Waals surface area (Å²) < 4.78 is 24.6. The summed E-state index contributed by atoms with van der Waals surface area (Å²) >= 11 is 0. The molecule has 0 aliphatic carbocycles. The van der Waals surface area contributed by atoms with E-state index in [9.17, 15) is 13.6 Å². The second kappa shape index (κ2) is 3.25. The van der Waals surface area contributed by atoms with Gasteiger partial charge in [0, 0.05) is 0 Å². The molecule has 1 N–H and O–H groups in total. The van der Waals surface area contributed by atoms with E-state index in [1.165, 1.54) is 0 Å². The highest BCUT2D eigenvalue weighted by atomic mass is 19.3. The van der Waals surface area contributed by atoms with Gasteiger partial charge in [-0.05, 0) is 12.1 Å². The van der Waals surface area contributed by atoms with Crippen LogP contribution in [-0.4, -0.2) is 18.4 Å². The molecule has 0 spiro atoms. The minimum atomic E-state index is -2.76. The minimum absolute atomic E-state index is 0.400. The van der Waals surface area contributed by atoms with E-state index in [4.69, 9.17) is 0 Å². The third-order valence-electron chi connectivity index (χ3n) is 1.95. The van der Waals surface area contributed by atoms with Crippen LogP contribution >= 0.6 is 0 Å². The van der Waals surface area contributed by atoms with Crippen molar-refractivity contribution < 1.29 is 13.6 Å². The van der Waals surface area contributed by atoms with Gasteiger partial charge in [-0.2, -0.15) is 0 Å². The van der Waals surface area contributed by atoms with E-state index in [1.54, 1.807) is 24.3 Å². The van der Waals surface area contributed by atoms with Gasteiger partial charge in [0.15, 0.2) is 6.04 Å². The number of nitrogens with zero attached hydrogens (tertiary/aromatic N) is 1. The number of hydrogen-bond acceptors (Lipinski definition) is 1. The van der Waals surface area contributed by atoms with Crippen LogP contribution in [0, 0.1) is 0 Å². The zero-order valence-corrected chi connectivity index (χ0v) is 7.08. The third kappa shape index (κ3) is 1.41. The Labute approximate surface area is 79.1 Å². The van der Waals surface area contributed by atoms with E-state index in [0.29, 0.717) is 11.4 Å². The van der Waals surface area contributed by atoms with E-state index in [0.717, 1.165) is 0 Å². The summed E-state index contributed by atoms with van der Waals surface area (Å²) in [4.78, 5) is 11.1. The molecule has 1 amide bonds. The maximum atomic E-state index is 12.3. The molecule has 1 aromatic carbocycles. The lowest BCUT2D eigenvalue weighted by molar-refractivity contribution is -0.121. The Hall–Kier alpha value is -1.65. The topological polar surface area (TPSA) is 43.2 Å². The van der Waals surface area contributed by atoms with Crippen LogP contribution in [0.4, 0.5) is 20.2 Å². The molecule has 1 aliphatic heterocycles. The van der Waals surface area contributed by atoms with Gasteiger partial charge in [0.25, 0.3) is 12.3 Å². The SMILES string of the molecule is O=C1Nc2ccccc2[N][C@H]1C(F)F. The molecule has 2 rings (SSSR count). The first kappa shape index (κ1) is 8.93. The lowest BCUT2D eigenvalue weighted by atomic mass is 10.1. The molecular weight excluding hydrogens is 190 g/mol. The normalized spacial score (nSPS) is 19.9. The summed E-state index contributed by atoms with van der Waals surface area (Å²) in [6, 6.07) is 5.02. The molecular formula is C9H7F2N2O. The van der Waals surface area contributed by atoms with Crippen LogP contribution in [0.2, 0.25) is 0 Å². The number of carbonyl (C=O) groups is 1. The molecule has 14 heavy (non-hydrogen) atoms. The number of alkyl halides is 2. The fourth-order valence-corrected chi connectivity index (χ4v) is 1.28. The Morgan fingerprint density at radius 1 is 1.36 bits per heavy atom. The molecule has 1 atom stereocenters. The Bertz CT molecular complexity index is 368. The highest BCUT2D eigenvalue weighted by molar-refractivity contribution is 6.00. The second-order valence-electron chi connectivity index (χ2n) is 2.91. The van der Waals surface area contributed by atoms with Crippen molar-refractivity contribution in [1.82, 2.24) is 5.32 Å². The summed E-state index contributed by atoms with van der Waals surface area (Å²) in [5.41, 5.74) is 0.881. The molecule has 0 bridgehead atoms. The van der Waals surface area contributed by atoms with Crippen LogP contribution in [0.1, 0.15) is 0 Å². The summed E-state index contributed by atoms with van der Waals surface area (Å²) in [6.45, 7) is 0. The second-order valence-corrected chi connectivity index (χ2v) is 2.91. The first-order valence-corrected chi connectivity index (χ1v) is 4.07. The van der Waals surface area contributed by atoms with Crippen LogP contribution in [0.25, 0.3) is 0 Å². The minimum Gasteiger partial charge on any atom is -0.322 e. The van der Waals surface area contributed by atoms with E-state index in [-0.39, 0.29) is 0 Å². The number of benzene rings is 1. The summed E-state index contributed by atoms with van der Waals surface area (Å²) in [7, 11) is 0. The molecule has 1 aromatic rings. The quantitative estimate of drug-likeness (QED) is 0.728. The van der Waals surface area contributed by atoms with Crippen molar-refractivity contribution >= 4 is 17.3 Å². The predicted molar refractivity (Wildman–Crippen MR) is 46.7 cm³/mol. The first-order valence-electron chi connectivity index (χ1n) is 4.07. The Kier molecular flexibility index (Phi) is 2.07. The van der Waals surface area contributed by atoms with Crippen molar-refractivity contribution in [3.8, 4) is 0 Å². The molecule has 1 heterocycles. The van der Waals surface area contributed by atoms with Crippen molar-refractivity contribution in [2.24, 2.45) is 0 Å². The zero-order chi connectivity index (χ0) is 10.1. The molecule has 5 heteroatoms. The lowest BCUT2D eigenvalue weighted by Gasteiger charge is -2.23. The van der Waals surface area contributed by atoms with E-state index >= 15 is 0 Å². The van der Waals surface area contributed by atoms with Crippen LogP contribution in [0.5, 0.6) is 0 Å². The van der Waals surface area contributed by atoms with Gasteiger partial charge >= 0.3 is 0 Å². The average molecular weight is 197 g/mol. The van der Waals surface area contributed by atoms with Gasteiger partial charge in [-0.15, -0.1) is 0 Å². The molecule has 1 aliphatic rings. The van der Waals surface area contributed by atoms with E-state index in [2.05, 4.69) is 10.6 Å². The molecule has 73 valence electrons. The van der Waals surface area contributed by atoms with Crippen molar-refractivity contribution in [2.75, 3.05) is 5.32 Å². The van der Waals surface area contributed by atoms with Gasteiger partial charge in [0.1, 0.15) is 0 Å². The predicted octanol–water partition coefficient (Wildman–Crippen LogP) is 1.51. The number of halogens is 2. The highest BCUT2D eigenvalue weighted by Crippen LogP contribution is 2.27. The number of fused-ring (bicyclic) bond motifs is 1. The van der Waals surface area contributed by atoms with Gasteiger partial charge in [0.05, 0.1) is 11.4 Å². The summed E-state index contributed by atoms with van der Waals surface area (Å²) in [5, 5.41) is 6.04. The van der Waals surface area contributed by atoms with Crippen LogP contribution in [-0.2, 0) is 4.79 Å². The molecule has 0 unspecified atom stereocenters. The number of para-hydroxylation sites is 2. The number of carbonyl (C=O) groups excluding carboxylic acids is 1. The Morgan fingerprint density at radius 2 is 2.07 bits per heavy atom. The molecule has 0 aromatic heterocycles. The number of hydrogen-bond donors (Lipinski definition) is 1. The Balaban J connectivity index is 2.31. The number of anilines is 1. The van der Waals surface area contributed by atoms with Crippen molar-refractivity contribution in [2.45, 2.75) is 12.5 Å². The van der Waals surface area contributed by atoms with E-state index in [1.807, 2.05) is 0 Å². The monoisotopic (exact) mass is 197 g/mol. The zero-order valence-electron chi connectivity index (χ0n) is 7.08. The van der Waals surface area contributed by atoms with Gasteiger partial charge in [-0.25, -0.2) is 8.78 Å². The van der Waals surface area contributed by atoms with Gasteiger partial charge in [0.2, 0.25) is 0 Å². The molecule has 0 saturated heterocycles. The summed E-state index contributed by atoms with van der Waals surface area (Å²) in [6.07, 6.45) is -2.76. The fourth-order valence-electron chi connectivity index (χ4n) is 1.28. The largest absolute Gasteiger partial charge is 0.322 e. The first-order chi connectivity index (χ1) is 6.68. The van der Waals surface area contributed by atoms with Gasteiger partial charge in [-0.3, -0.25) is 10.1 Å².